The molecule has 0 aliphatic heterocycles. The summed E-state index contributed by atoms with van der Waals surface area (Å²) in [5, 5.41) is 7.91. The second-order valence-electron chi connectivity index (χ2n) is 5.98. The summed E-state index contributed by atoms with van der Waals surface area (Å²) in [5.41, 5.74) is 4.82. The van der Waals surface area contributed by atoms with E-state index in [0.717, 1.165) is 52.4 Å². The molecule has 1 aromatic carbocycles. The van der Waals surface area contributed by atoms with Crippen molar-refractivity contribution in [3.8, 4) is 18.1 Å². The minimum atomic E-state index is 0.168. The third kappa shape index (κ3) is 5.39. The molecule has 132 valence electrons. The molecule has 25 heavy (non-hydrogen) atoms. The molecule has 0 N–H and O–H groups in total. The quantitative estimate of drug-likeness (QED) is 0.316. The number of ether oxygens (including phenoxy) is 1. The molecule has 2 rings (SSSR count). The van der Waals surface area contributed by atoms with E-state index in [4.69, 9.17) is 20.5 Å². The molecule has 1 aromatic heterocycles. The normalized spacial score (nSPS) is 11.2. The van der Waals surface area contributed by atoms with Crippen molar-refractivity contribution < 1.29 is 14.1 Å². The number of aromatic nitrogens is 1. The third-order valence-electron chi connectivity index (χ3n) is 3.72. The van der Waals surface area contributed by atoms with Crippen LogP contribution in [0.1, 0.15) is 41.5 Å². The molecule has 2 aromatic rings. The SMILES string of the molecule is C#CCO/N=C(\C)c1cc(C)c(OCCCc2cc(C)no2)c(C)c1. The highest BCUT2D eigenvalue weighted by Gasteiger charge is 2.09. The van der Waals surface area contributed by atoms with Gasteiger partial charge in [-0.3, -0.25) is 0 Å². The van der Waals surface area contributed by atoms with Gasteiger partial charge in [-0.15, -0.1) is 6.42 Å². The smallest absolute Gasteiger partial charge is 0.177 e. The predicted octanol–water partition coefficient (Wildman–Crippen LogP) is 3.99. The maximum atomic E-state index is 5.97. The predicted molar refractivity (Wildman–Crippen MR) is 98.0 cm³/mol. The zero-order chi connectivity index (χ0) is 18.2. The second-order valence-corrected chi connectivity index (χ2v) is 5.98. The van der Waals surface area contributed by atoms with Crippen LogP contribution in [-0.4, -0.2) is 24.1 Å². The lowest BCUT2D eigenvalue weighted by atomic mass is 10.0. The molecule has 0 fully saturated rings. The molecule has 0 amide bonds. The van der Waals surface area contributed by atoms with Gasteiger partial charge in [0.25, 0.3) is 0 Å². The van der Waals surface area contributed by atoms with Gasteiger partial charge in [0.1, 0.15) is 11.5 Å². The molecule has 0 aliphatic rings. The van der Waals surface area contributed by atoms with E-state index in [9.17, 15) is 0 Å². The number of rotatable bonds is 8. The van der Waals surface area contributed by atoms with Crippen molar-refractivity contribution >= 4 is 5.71 Å². The zero-order valence-corrected chi connectivity index (χ0v) is 15.3. The van der Waals surface area contributed by atoms with Crippen LogP contribution < -0.4 is 4.74 Å². The zero-order valence-electron chi connectivity index (χ0n) is 15.3. The topological polar surface area (TPSA) is 56.9 Å². The van der Waals surface area contributed by atoms with Gasteiger partial charge >= 0.3 is 0 Å². The van der Waals surface area contributed by atoms with Gasteiger partial charge in [0.05, 0.1) is 18.0 Å². The number of terminal acetylenes is 1. The summed E-state index contributed by atoms with van der Waals surface area (Å²) in [4.78, 5) is 5.04. The summed E-state index contributed by atoms with van der Waals surface area (Å²) in [6, 6.07) is 6.04. The number of oxime groups is 1. The average Bonchev–Trinajstić information content (AvgIpc) is 2.98. The van der Waals surface area contributed by atoms with E-state index in [2.05, 4.69) is 16.2 Å². The van der Waals surface area contributed by atoms with Crippen molar-refractivity contribution in [3.63, 3.8) is 0 Å². The number of nitrogens with zero attached hydrogens (tertiary/aromatic N) is 2. The summed E-state index contributed by atoms with van der Waals surface area (Å²) >= 11 is 0. The summed E-state index contributed by atoms with van der Waals surface area (Å²) in [7, 11) is 0. The molecule has 0 saturated heterocycles. The van der Waals surface area contributed by atoms with Crippen LogP contribution in [0.3, 0.4) is 0 Å². The van der Waals surface area contributed by atoms with E-state index < -0.39 is 0 Å². The molecule has 5 nitrogen and oxygen atoms in total. The van der Waals surface area contributed by atoms with Gasteiger partial charge in [-0.05, 0) is 62.9 Å². The molecule has 0 aliphatic carbocycles. The fraction of sp³-hybridized carbons (Fsp3) is 0.400. The number of benzene rings is 1. The van der Waals surface area contributed by atoms with E-state index >= 15 is 0 Å². The standard InChI is InChI=1S/C20H24N2O3/c1-6-9-24-22-17(5)18-11-14(2)20(15(3)12-18)23-10-7-8-19-13-16(4)21-25-19/h1,11-13H,7-10H2,2-5H3/b22-17+. The Balaban J connectivity index is 1.95. The molecule has 0 spiro atoms. The maximum absolute atomic E-state index is 5.97. The highest BCUT2D eigenvalue weighted by atomic mass is 16.6. The fourth-order valence-corrected chi connectivity index (χ4v) is 2.56. The first-order valence-corrected chi connectivity index (χ1v) is 8.28. The van der Waals surface area contributed by atoms with Crippen molar-refractivity contribution in [2.45, 2.75) is 40.5 Å². The van der Waals surface area contributed by atoms with E-state index in [-0.39, 0.29) is 6.61 Å². The van der Waals surface area contributed by atoms with Crippen LogP contribution in [-0.2, 0) is 11.3 Å². The van der Waals surface area contributed by atoms with Crippen molar-refractivity contribution in [1.29, 1.82) is 0 Å². The molecule has 5 heteroatoms. The Bertz CT molecular complexity index is 761. The molecule has 1 heterocycles. The Morgan fingerprint density at radius 1 is 1.24 bits per heavy atom. The van der Waals surface area contributed by atoms with E-state index in [1.807, 2.05) is 45.9 Å². The van der Waals surface area contributed by atoms with Crippen LogP contribution in [0.4, 0.5) is 0 Å². The van der Waals surface area contributed by atoms with Crippen molar-refractivity contribution in [2.75, 3.05) is 13.2 Å². The van der Waals surface area contributed by atoms with Crippen LogP contribution in [0, 0.1) is 33.1 Å². The molecular weight excluding hydrogens is 316 g/mol. The first-order chi connectivity index (χ1) is 12.0. The van der Waals surface area contributed by atoms with Crippen molar-refractivity contribution in [1.82, 2.24) is 5.16 Å². The summed E-state index contributed by atoms with van der Waals surface area (Å²) in [5.74, 6) is 4.19. The molecule has 0 radical (unpaired) electrons. The highest BCUT2D eigenvalue weighted by molar-refractivity contribution is 5.98. The Labute approximate surface area is 149 Å². The monoisotopic (exact) mass is 340 g/mol. The second kappa shape index (κ2) is 8.93. The lowest BCUT2D eigenvalue weighted by molar-refractivity contribution is 0.180. The van der Waals surface area contributed by atoms with Crippen LogP contribution in [0.5, 0.6) is 5.75 Å². The lowest BCUT2D eigenvalue weighted by Gasteiger charge is -2.14. The van der Waals surface area contributed by atoms with Gasteiger partial charge in [0.15, 0.2) is 6.61 Å². The molecule has 0 unspecified atom stereocenters. The summed E-state index contributed by atoms with van der Waals surface area (Å²) in [6.45, 7) is 8.66. The average molecular weight is 340 g/mol. The number of hydrogen-bond donors (Lipinski definition) is 0. The Hall–Kier alpha value is -2.74. The number of hydrogen-bond acceptors (Lipinski definition) is 5. The Morgan fingerprint density at radius 2 is 1.96 bits per heavy atom. The van der Waals surface area contributed by atoms with E-state index in [0.29, 0.717) is 6.61 Å². The minimum absolute atomic E-state index is 0.168. The van der Waals surface area contributed by atoms with Gasteiger partial charge in [-0.1, -0.05) is 16.2 Å². The summed E-state index contributed by atoms with van der Waals surface area (Å²) < 4.78 is 11.2. The highest BCUT2D eigenvalue weighted by Crippen LogP contribution is 2.25. The van der Waals surface area contributed by atoms with E-state index in [1.54, 1.807) is 0 Å². The van der Waals surface area contributed by atoms with Gasteiger partial charge in [-0.25, -0.2) is 0 Å². The van der Waals surface area contributed by atoms with Gasteiger partial charge in [0.2, 0.25) is 0 Å². The van der Waals surface area contributed by atoms with Crippen LogP contribution >= 0.6 is 0 Å². The molecule has 0 saturated carbocycles. The van der Waals surface area contributed by atoms with Crippen molar-refractivity contribution in [2.24, 2.45) is 5.16 Å². The van der Waals surface area contributed by atoms with Crippen LogP contribution in [0.25, 0.3) is 0 Å². The number of aryl methyl sites for hydroxylation is 4. The first kappa shape index (κ1) is 18.6. The molecule has 0 bridgehead atoms. The van der Waals surface area contributed by atoms with Gasteiger partial charge in [-0.2, -0.15) is 0 Å². The molecule has 0 atom stereocenters. The largest absolute Gasteiger partial charge is 0.493 e. The van der Waals surface area contributed by atoms with Gasteiger partial charge in [0, 0.05) is 12.5 Å². The van der Waals surface area contributed by atoms with E-state index in [1.165, 1.54) is 0 Å². The summed E-state index contributed by atoms with van der Waals surface area (Å²) in [6.07, 6.45) is 6.83. The third-order valence-corrected chi connectivity index (χ3v) is 3.72. The van der Waals surface area contributed by atoms with Crippen molar-refractivity contribution in [3.05, 3.63) is 46.3 Å². The molecular formula is C20H24N2O3. The van der Waals surface area contributed by atoms with Gasteiger partial charge < -0.3 is 14.1 Å². The van der Waals surface area contributed by atoms with Crippen LogP contribution in [0.15, 0.2) is 27.9 Å². The lowest BCUT2D eigenvalue weighted by Crippen LogP contribution is -2.04. The Kier molecular flexibility index (Phi) is 6.64. The first-order valence-electron chi connectivity index (χ1n) is 8.28. The maximum Gasteiger partial charge on any atom is 0.177 e. The fourth-order valence-electron chi connectivity index (χ4n) is 2.56. The Morgan fingerprint density at radius 3 is 2.56 bits per heavy atom. The van der Waals surface area contributed by atoms with Crippen LogP contribution in [0.2, 0.25) is 0 Å². The minimum Gasteiger partial charge on any atom is -0.493 e.